The Morgan fingerprint density at radius 3 is 2.00 bits per heavy atom. The van der Waals surface area contributed by atoms with Gasteiger partial charge in [-0.2, -0.15) is 5.10 Å². The Kier molecular flexibility index (Phi) is 11.0. The highest BCUT2D eigenvalue weighted by atomic mass is 16.5. The molecule has 0 unspecified atom stereocenters. The number of anilines is 2. The van der Waals surface area contributed by atoms with Crippen LogP contribution >= 0.6 is 0 Å². The van der Waals surface area contributed by atoms with Crippen LogP contribution in [0.4, 0.5) is 11.4 Å². The van der Waals surface area contributed by atoms with E-state index in [2.05, 4.69) is 17.1 Å². The Labute approximate surface area is 145 Å². The van der Waals surface area contributed by atoms with Gasteiger partial charge in [-0.15, -0.1) is 0 Å². The number of nitrogens with zero attached hydrogens (tertiary/aromatic N) is 1. The normalized spacial score (nSPS) is 10.0. The lowest BCUT2D eigenvalue weighted by atomic mass is 10.1. The predicted octanol–water partition coefficient (Wildman–Crippen LogP) is 4.78. The van der Waals surface area contributed by atoms with Crippen LogP contribution < -0.4 is 16.2 Å². The fourth-order valence-electron chi connectivity index (χ4n) is 2.25. The van der Waals surface area contributed by atoms with Crippen molar-refractivity contribution < 1.29 is 4.74 Å². The van der Waals surface area contributed by atoms with Crippen molar-refractivity contribution in [2.75, 3.05) is 18.1 Å². The van der Waals surface area contributed by atoms with E-state index >= 15 is 0 Å². The maximum atomic E-state index is 5.65. The molecule has 0 aliphatic heterocycles. The molecule has 5 heteroatoms. The van der Waals surface area contributed by atoms with Gasteiger partial charge in [-0.25, -0.2) is 0 Å². The van der Waals surface area contributed by atoms with Crippen molar-refractivity contribution in [1.82, 2.24) is 10.2 Å². The van der Waals surface area contributed by atoms with Crippen LogP contribution in [0.3, 0.4) is 0 Å². The molecule has 0 saturated heterocycles. The molecule has 0 aliphatic rings. The summed E-state index contributed by atoms with van der Waals surface area (Å²) >= 11 is 0. The second-order valence-electron chi connectivity index (χ2n) is 5.92. The first-order valence-corrected chi connectivity index (χ1v) is 8.95. The molecular weight excluding hydrogens is 300 g/mol. The molecule has 24 heavy (non-hydrogen) atoms. The van der Waals surface area contributed by atoms with E-state index in [0.29, 0.717) is 5.69 Å². The number of hydrogen-bond donors (Lipinski definition) is 3. The van der Waals surface area contributed by atoms with E-state index in [-0.39, 0.29) is 0 Å². The molecule has 2 rings (SSSR count). The zero-order chi connectivity index (χ0) is 17.5. The average molecular weight is 332 g/mol. The third-order valence-corrected chi connectivity index (χ3v) is 3.67. The van der Waals surface area contributed by atoms with E-state index in [1.807, 2.05) is 24.3 Å². The number of nitrogens with one attached hydrogen (secondary N) is 1. The van der Waals surface area contributed by atoms with Gasteiger partial charge in [0.15, 0.2) is 0 Å². The molecule has 5 nitrogen and oxygen atoms in total. The number of H-pyrrole nitrogens is 1. The topological polar surface area (TPSA) is 89.9 Å². The monoisotopic (exact) mass is 332 g/mol. The van der Waals surface area contributed by atoms with Crippen molar-refractivity contribution in [3.63, 3.8) is 0 Å². The number of ether oxygens (including phenoxy) is 1. The van der Waals surface area contributed by atoms with Crippen molar-refractivity contribution in [3.8, 4) is 5.75 Å². The predicted molar refractivity (Wildman–Crippen MR) is 102 cm³/mol. The third-order valence-electron chi connectivity index (χ3n) is 3.67. The maximum Gasteiger partial charge on any atom is 0.119 e. The lowest BCUT2D eigenvalue weighted by molar-refractivity contribution is 0.304. The first kappa shape index (κ1) is 19.9. The molecule has 0 fully saturated rings. The summed E-state index contributed by atoms with van der Waals surface area (Å²) in [7, 11) is 0. The summed E-state index contributed by atoms with van der Waals surface area (Å²) in [6, 6.07) is 7.62. The summed E-state index contributed by atoms with van der Waals surface area (Å²) in [6.45, 7) is 3.08. The van der Waals surface area contributed by atoms with Gasteiger partial charge in [0.25, 0.3) is 0 Å². The molecule has 1 aromatic carbocycles. The Morgan fingerprint density at radius 2 is 1.50 bits per heavy atom. The second-order valence-corrected chi connectivity index (χ2v) is 5.92. The van der Waals surface area contributed by atoms with Crippen molar-refractivity contribution in [3.05, 3.63) is 36.7 Å². The molecule has 2 aromatic rings. The van der Waals surface area contributed by atoms with Crippen LogP contribution in [0.15, 0.2) is 36.7 Å². The summed E-state index contributed by atoms with van der Waals surface area (Å²) in [5, 5.41) is 6.13. The van der Waals surface area contributed by atoms with Crippen LogP contribution in [0.25, 0.3) is 0 Å². The number of aromatic amines is 1. The largest absolute Gasteiger partial charge is 0.494 e. The van der Waals surface area contributed by atoms with Crippen LogP contribution in [-0.2, 0) is 0 Å². The SMILES string of the molecule is CCCCCCCCCCOc1ccc(N)cc1.Nc1cn[nH]c1. The molecule has 1 heterocycles. The molecule has 0 saturated carbocycles. The van der Waals surface area contributed by atoms with Crippen LogP contribution in [0.2, 0.25) is 0 Å². The molecule has 134 valence electrons. The summed E-state index contributed by atoms with van der Waals surface area (Å²) in [4.78, 5) is 0. The van der Waals surface area contributed by atoms with Crippen molar-refractivity contribution >= 4 is 11.4 Å². The van der Waals surface area contributed by atoms with Gasteiger partial charge in [-0.3, -0.25) is 5.10 Å². The lowest BCUT2D eigenvalue weighted by Gasteiger charge is -2.06. The fourth-order valence-corrected chi connectivity index (χ4v) is 2.25. The molecule has 0 spiro atoms. The molecular formula is C19H32N4O. The Hall–Kier alpha value is -2.17. The highest BCUT2D eigenvalue weighted by molar-refractivity contribution is 5.41. The molecule has 0 atom stereocenters. The van der Waals surface area contributed by atoms with Crippen molar-refractivity contribution in [2.45, 2.75) is 58.3 Å². The summed E-state index contributed by atoms with van der Waals surface area (Å²) in [6.07, 6.45) is 13.8. The molecule has 0 bridgehead atoms. The minimum atomic E-state index is 0.676. The van der Waals surface area contributed by atoms with Crippen molar-refractivity contribution in [2.24, 2.45) is 0 Å². The third kappa shape index (κ3) is 10.5. The molecule has 0 aliphatic carbocycles. The number of benzene rings is 1. The minimum absolute atomic E-state index is 0.676. The van der Waals surface area contributed by atoms with Gasteiger partial charge in [0, 0.05) is 11.9 Å². The van der Waals surface area contributed by atoms with Crippen LogP contribution in [0.1, 0.15) is 58.3 Å². The zero-order valence-corrected chi connectivity index (χ0v) is 14.8. The van der Waals surface area contributed by atoms with Gasteiger partial charge in [-0.1, -0.05) is 51.9 Å². The molecule has 0 radical (unpaired) electrons. The van der Waals surface area contributed by atoms with E-state index in [0.717, 1.165) is 24.5 Å². The molecule has 5 N–H and O–H groups in total. The number of nitrogens with two attached hydrogens (primary N) is 2. The Morgan fingerprint density at radius 1 is 0.875 bits per heavy atom. The van der Waals surface area contributed by atoms with Gasteiger partial charge in [-0.05, 0) is 30.7 Å². The van der Waals surface area contributed by atoms with Crippen LogP contribution in [0.5, 0.6) is 5.75 Å². The summed E-state index contributed by atoms with van der Waals surface area (Å²) in [5.41, 5.74) is 12.3. The van der Waals surface area contributed by atoms with Crippen LogP contribution in [-0.4, -0.2) is 16.8 Å². The summed E-state index contributed by atoms with van der Waals surface area (Å²) in [5.74, 6) is 0.923. The van der Waals surface area contributed by atoms with E-state index < -0.39 is 0 Å². The number of nitrogen functional groups attached to an aromatic ring is 2. The van der Waals surface area contributed by atoms with Gasteiger partial charge in [0.1, 0.15) is 5.75 Å². The zero-order valence-electron chi connectivity index (χ0n) is 14.8. The lowest BCUT2D eigenvalue weighted by Crippen LogP contribution is -1.97. The van der Waals surface area contributed by atoms with Gasteiger partial charge in [0.2, 0.25) is 0 Å². The first-order chi connectivity index (χ1) is 11.7. The average Bonchev–Trinajstić information content (AvgIpc) is 3.07. The second kappa shape index (κ2) is 13.3. The van der Waals surface area contributed by atoms with Gasteiger partial charge in [0.05, 0.1) is 18.5 Å². The smallest absolute Gasteiger partial charge is 0.119 e. The fraction of sp³-hybridized carbons (Fsp3) is 0.526. The van der Waals surface area contributed by atoms with Gasteiger partial charge >= 0.3 is 0 Å². The number of aromatic nitrogens is 2. The molecule has 1 aromatic heterocycles. The van der Waals surface area contributed by atoms with E-state index in [9.17, 15) is 0 Å². The number of hydrogen-bond acceptors (Lipinski definition) is 4. The van der Waals surface area contributed by atoms with E-state index in [4.69, 9.17) is 16.2 Å². The van der Waals surface area contributed by atoms with E-state index in [1.54, 1.807) is 12.4 Å². The quantitative estimate of drug-likeness (QED) is 0.431. The highest BCUT2D eigenvalue weighted by Crippen LogP contribution is 2.14. The number of rotatable bonds is 10. The summed E-state index contributed by atoms with van der Waals surface area (Å²) < 4.78 is 5.65. The Balaban J connectivity index is 0.000000400. The number of unbranched alkanes of at least 4 members (excludes halogenated alkanes) is 7. The minimum Gasteiger partial charge on any atom is -0.494 e. The standard InChI is InChI=1S/C16H27NO.C3H5N3/c1-2-3-4-5-6-7-8-9-14-18-16-12-10-15(17)11-13-16;4-3-1-5-6-2-3/h10-13H,2-9,14,17H2,1H3;1-2H,4H2,(H,5,6). The molecule has 0 amide bonds. The maximum absolute atomic E-state index is 5.65. The van der Waals surface area contributed by atoms with Gasteiger partial charge < -0.3 is 16.2 Å². The van der Waals surface area contributed by atoms with Crippen LogP contribution in [0, 0.1) is 0 Å². The van der Waals surface area contributed by atoms with E-state index in [1.165, 1.54) is 44.9 Å². The van der Waals surface area contributed by atoms with Crippen molar-refractivity contribution in [1.29, 1.82) is 0 Å². The Bertz CT molecular complexity index is 497. The first-order valence-electron chi connectivity index (χ1n) is 8.95. The highest BCUT2D eigenvalue weighted by Gasteiger charge is 1.94.